The number of carbonyl (C=O) groups is 1. The van der Waals surface area contributed by atoms with Gasteiger partial charge in [-0.3, -0.25) is 4.79 Å². The highest BCUT2D eigenvalue weighted by Crippen LogP contribution is 2.23. The molecule has 15 heavy (non-hydrogen) atoms. The topological polar surface area (TPSA) is 55.1 Å². The van der Waals surface area contributed by atoms with Gasteiger partial charge >= 0.3 is 0 Å². The highest BCUT2D eigenvalue weighted by molar-refractivity contribution is 8.00. The van der Waals surface area contributed by atoms with Crippen LogP contribution < -0.4 is 11.1 Å². The molecule has 0 heterocycles. The lowest BCUT2D eigenvalue weighted by molar-refractivity contribution is -0.118. The lowest BCUT2D eigenvalue weighted by Crippen LogP contribution is -2.25. The SMILES string of the molecule is CCCNC(=O)CSc1ccccc1N. The van der Waals surface area contributed by atoms with E-state index in [0.717, 1.165) is 23.5 Å². The Hall–Kier alpha value is -1.16. The molecule has 0 aliphatic rings. The molecule has 1 aromatic carbocycles. The summed E-state index contributed by atoms with van der Waals surface area (Å²) in [5.41, 5.74) is 6.48. The van der Waals surface area contributed by atoms with E-state index in [1.807, 2.05) is 31.2 Å². The van der Waals surface area contributed by atoms with Crippen LogP contribution in [-0.4, -0.2) is 18.2 Å². The van der Waals surface area contributed by atoms with Gasteiger partial charge in [0.05, 0.1) is 5.75 Å². The van der Waals surface area contributed by atoms with Crippen LogP contribution in [0.3, 0.4) is 0 Å². The zero-order valence-corrected chi connectivity index (χ0v) is 9.64. The third-order valence-electron chi connectivity index (χ3n) is 1.85. The van der Waals surface area contributed by atoms with Crippen molar-refractivity contribution < 1.29 is 4.79 Å². The van der Waals surface area contributed by atoms with Crippen LogP contribution in [0.15, 0.2) is 29.2 Å². The summed E-state index contributed by atoms with van der Waals surface area (Å²) in [6, 6.07) is 7.57. The van der Waals surface area contributed by atoms with E-state index in [9.17, 15) is 4.79 Å². The van der Waals surface area contributed by atoms with Gasteiger partial charge < -0.3 is 11.1 Å². The fourth-order valence-corrected chi connectivity index (χ4v) is 1.87. The van der Waals surface area contributed by atoms with Gasteiger partial charge in [-0.1, -0.05) is 19.1 Å². The second kappa shape index (κ2) is 6.35. The molecule has 0 atom stereocenters. The molecular formula is C11H16N2OS. The molecule has 0 radical (unpaired) electrons. The summed E-state index contributed by atoms with van der Waals surface area (Å²) in [5, 5.41) is 2.82. The number of nitrogens with two attached hydrogens (primary N) is 1. The number of nitrogens with one attached hydrogen (secondary N) is 1. The van der Waals surface area contributed by atoms with Crippen LogP contribution in [-0.2, 0) is 4.79 Å². The van der Waals surface area contributed by atoms with Crippen LogP contribution in [0.1, 0.15) is 13.3 Å². The quantitative estimate of drug-likeness (QED) is 0.593. The number of nitrogen functional groups attached to an aromatic ring is 1. The van der Waals surface area contributed by atoms with Gasteiger partial charge in [0, 0.05) is 17.1 Å². The van der Waals surface area contributed by atoms with Gasteiger partial charge in [0.2, 0.25) is 5.91 Å². The van der Waals surface area contributed by atoms with E-state index < -0.39 is 0 Å². The molecule has 1 amide bonds. The molecule has 0 spiro atoms. The number of carbonyl (C=O) groups excluding carboxylic acids is 1. The zero-order valence-electron chi connectivity index (χ0n) is 8.82. The Labute approximate surface area is 94.4 Å². The smallest absolute Gasteiger partial charge is 0.230 e. The summed E-state index contributed by atoms with van der Waals surface area (Å²) in [5.74, 6) is 0.485. The molecule has 1 aromatic rings. The Balaban J connectivity index is 2.37. The molecule has 0 bridgehead atoms. The predicted octanol–water partition coefficient (Wildman–Crippen LogP) is 1.89. The summed E-state index contributed by atoms with van der Waals surface area (Å²) < 4.78 is 0. The van der Waals surface area contributed by atoms with Crippen LogP contribution in [0.4, 0.5) is 5.69 Å². The van der Waals surface area contributed by atoms with Crippen molar-refractivity contribution in [2.75, 3.05) is 18.0 Å². The van der Waals surface area contributed by atoms with Gasteiger partial charge in [-0.15, -0.1) is 11.8 Å². The first-order valence-electron chi connectivity index (χ1n) is 4.98. The van der Waals surface area contributed by atoms with Gasteiger partial charge in [-0.05, 0) is 18.6 Å². The normalized spacial score (nSPS) is 9.93. The maximum Gasteiger partial charge on any atom is 0.230 e. The minimum atomic E-state index is 0.0603. The van der Waals surface area contributed by atoms with E-state index in [1.165, 1.54) is 11.8 Å². The molecule has 0 aliphatic carbocycles. The minimum Gasteiger partial charge on any atom is -0.398 e. The molecule has 1 rings (SSSR count). The Bertz CT molecular complexity index is 328. The number of para-hydroxylation sites is 1. The number of thioether (sulfide) groups is 1. The maximum absolute atomic E-state index is 11.3. The molecule has 3 nitrogen and oxygen atoms in total. The molecule has 0 saturated heterocycles. The Kier molecular flexibility index (Phi) is 5.04. The fraction of sp³-hybridized carbons (Fsp3) is 0.364. The van der Waals surface area contributed by atoms with Crippen LogP contribution >= 0.6 is 11.8 Å². The highest BCUT2D eigenvalue weighted by Gasteiger charge is 2.03. The lowest BCUT2D eigenvalue weighted by atomic mass is 10.3. The number of benzene rings is 1. The summed E-state index contributed by atoms with van der Waals surface area (Å²) in [7, 11) is 0. The van der Waals surface area contributed by atoms with Gasteiger partial charge in [0.1, 0.15) is 0 Å². The largest absolute Gasteiger partial charge is 0.398 e. The lowest BCUT2D eigenvalue weighted by Gasteiger charge is -2.05. The van der Waals surface area contributed by atoms with Crippen molar-refractivity contribution in [3.8, 4) is 0 Å². The molecule has 3 N–H and O–H groups in total. The van der Waals surface area contributed by atoms with Crippen LogP contribution in [0.25, 0.3) is 0 Å². The summed E-state index contributed by atoms with van der Waals surface area (Å²) in [6.45, 7) is 2.77. The van der Waals surface area contributed by atoms with Crippen molar-refractivity contribution in [2.24, 2.45) is 0 Å². The first-order chi connectivity index (χ1) is 7.24. The fourth-order valence-electron chi connectivity index (χ4n) is 1.07. The van der Waals surface area contributed by atoms with Crippen molar-refractivity contribution in [1.82, 2.24) is 5.32 Å². The first-order valence-corrected chi connectivity index (χ1v) is 5.96. The number of hydrogen-bond donors (Lipinski definition) is 2. The van der Waals surface area contributed by atoms with Gasteiger partial charge in [0.15, 0.2) is 0 Å². The Morgan fingerprint density at radius 1 is 1.47 bits per heavy atom. The zero-order chi connectivity index (χ0) is 11.1. The van der Waals surface area contributed by atoms with Gasteiger partial charge in [0.25, 0.3) is 0 Å². The van der Waals surface area contributed by atoms with E-state index in [2.05, 4.69) is 5.32 Å². The minimum absolute atomic E-state index is 0.0603. The summed E-state index contributed by atoms with van der Waals surface area (Å²) >= 11 is 1.47. The third-order valence-corrected chi connectivity index (χ3v) is 2.94. The molecule has 0 aliphatic heterocycles. The van der Waals surface area contributed by atoms with Crippen molar-refractivity contribution in [3.63, 3.8) is 0 Å². The number of rotatable bonds is 5. The highest BCUT2D eigenvalue weighted by atomic mass is 32.2. The van der Waals surface area contributed by atoms with E-state index in [4.69, 9.17) is 5.73 Å². The number of amides is 1. The van der Waals surface area contributed by atoms with Crippen molar-refractivity contribution >= 4 is 23.4 Å². The molecule has 0 unspecified atom stereocenters. The standard InChI is InChI=1S/C11H16N2OS/c1-2-7-13-11(14)8-15-10-6-4-3-5-9(10)12/h3-6H,2,7-8,12H2,1H3,(H,13,14). The van der Waals surface area contributed by atoms with E-state index in [-0.39, 0.29) is 5.91 Å². The molecule has 4 heteroatoms. The average molecular weight is 224 g/mol. The first kappa shape index (κ1) is 11.9. The molecule has 0 fully saturated rings. The van der Waals surface area contributed by atoms with E-state index >= 15 is 0 Å². The second-order valence-corrected chi connectivity index (χ2v) is 4.19. The molecule has 0 aromatic heterocycles. The third kappa shape index (κ3) is 4.25. The monoisotopic (exact) mass is 224 g/mol. The van der Waals surface area contributed by atoms with E-state index in [0.29, 0.717) is 5.75 Å². The average Bonchev–Trinajstić information content (AvgIpc) is 2.25. The number of anilines is 1. The predicted molar refractivity (Wildman–Crippen MR) is 64.9 cm³/mol. The second-order valence-electron chi connectivity index (χ2n) is 3.18. The van der Waals surface area contributed by atoms with E-state index in [1.54, 1.807) is 0 Å². The maximum atomic E-state index is 11.3. The molecule has 0 saturated carbocycles. The Morgan fingerprint density at radius 2 is 2.20 bits per heavy atom. The molecule has 82 valence electrons. The van der Waals surface area contributed by atoms with Crippen LogP contribution in [0, 0.1) is 0 Å². The summed E-state index contributed by atoms with van der Waals surface area (Å²) in [4.78, 5) is 12.3. The van der Waals surface area contributed by atoms with Crippen LogP contribution in [0.2, 0.25) is 0 Å². The van der Waals surface area contributed by atoms with Crippen molar-refractivity contribution in [3.05, 3.63) is 24.3 Å². The van der Waals surface area contributed by atoms with Crippen LogP contribution in [0.5, 0.6) is 0 Å². The number of hydrogen-bond acceptors (Lipinski definition) is 3. The Morgan fingerprint density at radius 3 is 2.87 bits per heavy atom. The van der Waals surface area contributed by atoms with Crippen molar-refractivity contribution in [1.29, 1.82) is 0 Å². The van der Waals surface area contributed by atoms with Crippen molar-refractivity contribution in [2.45, 2.75) is 18.2 Å². The van der Waals surface area contributed by atoms with Gasteiger partial charge in [-0.2, -0.15) is 0 Å². The molecular weight excluding hydrogens is 208 g/mol. The van der Waals surface area contributed by atoms with Gasteiger partial charge in [-0.25, -0.2) is 0 Å². The summed E-state index contributed by atoms with van der Waals surface area (Å²) in [6.07, 6.45) is 0.962.